The SMILES string of the molecule is COc1ccc(-c2ccc3nc(NC(C)=O)sc3c2)cc1F. The van der Waals surface area contributed by atoms with E-state index in [-0.39, 0.29) is 11.7 Å². The molecule has 4 nitrogen and oxygen atoms in total. The highest BCUT2D eigenvalue weighted by molar-refractivity contribution is 7.22. The lowest BCUT2D eigenvalue weighted by Gasteiger charge is -2.05. The number of aromatic nitrogens is 1. The summed E-state index contributed by atoms with van der Waals surface area (Å²) in [6.07, 6.45) is 0. The van der Waals surface area contributed by atoms with Crippen LogP contribution in [0.15, 0.2) is 36.4 Å². The molecule has 0 bridgehead atoms. The Morgan fingerprint density at radius 3 is 2.64 bits per heavy atom. The number of thiazole rings is 1. The standard InChI is InChI=1S/C16H13FN2O2S/c1-9(20)18-16-19-13-5-3-11(8-15(13)22-16)10-4-6-14(21-2)12(17)7-10/h3-8H,1-2H3,(H,18,19,20). The van der Waals surface area contributed by atoms with Crippen molar-refractivity contribution >= 4 is 32.6 Å². The quantitative estimate of drug-likeness (QED) is 0.792. The molecule has 0 aliphatic rings. The van der Waals surface area contributed by atoms with Crippen LogP contribution in [0.25, 0.3) is 21.3 Å². The largest absolute Gasteiger partial charge is 0.494 e. The highest BCUT2D eigenvalue weighted by atomic mass is 32.1. The van der Waals surface area contributed by atoms with Crippen LogP contribution in [0.2, 0.25) is 0 Å². The first kappa shape index (κ1) is 14.5. The Morgan fingerprint density at radius 2 is 1.95 bits per heavy atom. The van der Waals surface area contributed by atoms with Crippen molar-refractivity contribution in [1.82, 2.24) is 4.98 Å². The van der Waals surface area contributed by atoms with Crippen LogP contribution < -0.4 is 10.1 Å². The number of halogens is 1. The number of nitrogens with one attached hydrogen (secondary N) is 1. The third-order valence-electron chi connectivity index (χ3n) is 3.16. The molecule has 6 heteroatoms. The van der Waals surface area contributed by atoms with Crippen LogP contribution in [0.3, 0.4) is 0 Å². The van der Waals surface area contributed by atoms with Crippen LogP contribution in [0.1, 0.15) is 6.92 Å². The number of rotatable bonds is 3. The van der Waals surface area contributed by atoms with E-state index in [1.807, 2.05) is 18.2 Å². The van der Waals surface area contributed by atoms with Gasteiger partial charge in [0.2, 0.25) is 5.91 Å². The molecule has 1 amide bonds. The normalized spacial score (nSPS) is 10.7. The van der Waals surface area contributed by atoms with Gasteiger partial charge in [0.15, 0.2) is 16.7 Å². The second-order valence-electron chi connectivity index (χ2n) is 4.73. The van der Waals surface area contributed by atoms with Crippen LogP contribution in [0.5, 0.6) is 5.75 Å². The molecule has 0 saturated carbocycles. The molecule has 22 heavy (non-hydrogen) atoms. The van der Waals surface area contributed by atoms with Crippen LogP contribution in [-0.2, 0) is 4.79 Å². The van der Waals surface area contributed by atoms with Crippen molar-refractivity contribution in [2.45, 2.75) is 6.92 Å². The summed E-state index contributed by atoms with van der Waals surface area (Å²) in [4.78, 5) is 15.4. The molecule has 1 heterocycles. The minimum Gasteiger partial charge on any atom is -0.494 e. The molecule has 0 aliphatic heterocycles. The maximum atomic E-state index is 13.8. The van der Waals surface area contributed by atoms with Gasteiger partial charge in [-0.15, -0.1) is 0 Å². The molecule has 0 saturated heterocycles. The Labute approximate surface area is 130 Å². The molecule has 1 N–H and O–H groups in total. The Bertz CT molecular complexity index is 860. The fraction of sp³-hybridized carbons (Fsp3) is 0.125. The molecule has 112 valence electrons. The number of hydrogen-bond acceptors (Lipinski definition) is 4. The van der Waals surface area contributed by atoms with E-state index in [4.69, 9.17) is 4.74 Å². The van der Waals surface area contributed by atoms with Crippen molar-refractivity contribution in [3.05, 3.63) is 42.2 Å². The summed E-state index contributed by atoms with van der Waals surface area (Å²) in [5.74, 6) is -0.338. The molecule has 1 aromatic heterocycles. The molecule has 2 aromatic carbocycles. The lowest BCUT2D eigenvalue weighted by atomic mass is 10.1. The summed E-state index contributed by atoms with van der Waals surface area (Å²) in [6, 6.07) is 10.5. The second-order valence-corrected chi connectivity index (χ2v) is 5.76. The van der Waals surface area contributed by atoms with Gasteiger partial charge in [0.05, 0.1) is 17.3 Å². The number of amides is 1. The number of methoxy groups -OCH3 is 1. The first-order chi connectivity index (χ1) is 10.6. The maximum absolute atomic E-state index is 13.8. The van der Waals surface area contributed by atoms with E-state index < -0.39 is 5.82 Å². The lowest BCUT2D eigenvalue weighted by molar-refractivity contribution is -0.114. The fourth-order valence-corrected chi connectivity index (χ4v) is 3.11. The molecule has 0 fully saturated rings. The smallest absolute Gasteiger partial charge is 0.223 e. The average Bonchev–Trinajstić information content (AvgIpc) is 2.87. The van der Waals surface area contributed by atoms with Gasteiger partial charge in [-0.3, -0.25) is 4.79 Å². The van der Waals surface area contributed by atoms with Gasteiger partial charge in [-0.1, -0.05) is 23.5 Å². The summed E-state index contributed by atoms with van der Waals surface area (Å²) >= 11 is 1.38. The number of carbonyl (C=O) groups is 1. The second kappa shape index (κ2) is 5.73. The molecule has 3 rings (SSSR count). The van der Waals surface area contributed by atoms with Gasteiger partial charge in [-0.05, 0) is 35.4 Å². The number of ether oxygens (including phenoxy) is 1. The first-order valence-electron chi connectivity index (χ1n) is 6.59. The van der Waals surface area contributed by atoms with Gasteiger partial charge in [0.1, 0.15) is 0 Å². The van der Waals surface area contributed by atoms with Crippen molar-refractivity contribution in [3.63, 3.8) is 0 Å². The summed E-state index contributed by atoms with van der Waals surface area (Å²) in [7, 11) is 1.44. The minimum absolute atomic E-state index is 0.156. The monoisotopic (exact) mass is 316 g/mol. The zero-order valence-corrected chi connectivity index (χ0v) is 12.8. The Kier molecular flexibility index (Phi) is 3.77. The summed E-state index contributed by atoms with van der Waals surface area (Å²) in [5.41, 5.74) is 2.44. The lowest BCUT2D eigenvalue weighted by Crippen LogP contribution is -2.04. The number of fused-ring (bicyclic) bond motifs is 1. The van der Waals surface area contributed by atoms with Crippen molar-refractivity contribution in [1.29, 1.82) is 0 Å². The van der Waals surface area contributed by atoms with E-state index in [0.717, 1.165) is 21.3 Å². The predicted molar refractivity (Wildman–Crippen MR) is 85.9 cm³/mol. The maximum Gasteiger partial charge on any atom is 0.223 e. The Morgan fingerprint density at radius 1 is 1.23 bits per heavy atom. The molecule has 0 spiro atoms. The van der Waals surface area contributed by atoms with Crippen molar-refractivity contribution < 1.29 is 13.9 Å². The number of carbonyl (C=O) groups excluding carboxylic acids is 1. The van der Waals surface area contributed by atoms with E-state index in [0.29, 0.717) is 5.13 Å². The van der Waals surface area contributed by atoms with E-state index in [1.165, 1.54) is 31.4 Å². The van der Waals surface area contributed by atoms with Crippen LogP contribution in [-0.4, -0.2) is 18.0 Å². The van der Waals surface area contributed by atoms with E-state index >= 15 is 0 Å². The fourth-order valence-electron chi connectivity index (χ4n) is 2.15. The third-order valence-corrected chi connectivity index (χ3v) is 4.09. The number of benzene rings is 2. The minimum atomic E-state index is -0.400. The van der Waals surface area contributed by atoms with Gasteiger partial charge in [0.25, 0.3) is 0 Å². The predicted octanol–water partition coefficient (Wildman–Crippen LogP) is 4.07. The Balaban J connectivity index is 2.00. The van der Waals surface area contributed by atoms with Crippen LogP contribution in [0.4, 0.5) is 9.52 Å². The zero-order chi connectivity index (χ0) is 15.7. The van der Waals surface area contributed by atoms with E-state index in [2.05, 4.69) is 10.3 Å². The van der Waals surface area contributed by atoms with Crippen molar-refractivity contribution in [2.75, 3.05) is 12.4 Å². The molecule has 3 aromatic rings. The number of hydrogen-bond donors (Lipinski definition) is 1. The van der Waals surface area contributed by atoms with Gasteiger partial charge in [-0.25, -0.2) is 9.37 Å². The van der Waals surface area contributed by atoms with E-state index in [9.17, 15) is 9.18 Å². The molecule has 0 unspecified atom stereocenters. The molecule has 0 aliphatic carbocycles. The summed E-state index contributed by atoms with van der Waals surface area (Å²) in [6.45, 7) is 1.44. The summed E-state index contributed by atoms with van der Waals surface area (Å²) < 4.78 is 19.7. The molecular weight excluding hydrogens is 303 g/mol. The zero-order valence-electron chi connectivity index (χ0n) is 12.0. The number of anilines is 1. The van der Waals surface area contributed by atoms with Crippen LogP contribution in [0, 0.1) is 5.82 Å². The van der Waals surface area contributed by atoms with Gasteiger partial charge >= 0.3 is 0 Å². The summed E-state index contributed by atoms with van der Waals surface area (Å²) in [5, 5.41) is 3.23. The van der Waals surface area contributed by atoms with Gasteiger partial charge < -0.3 is 10.1 Å². The van der Waals surface area contributed by atoms with Crippen LogP contribution >= 0.6 is 11.3 Å². The molecular formula is C16H13FN2O2S. The Hall–Kier alpha value is -2.47. The topological polar surface area (TPSA) is 51.2 Å². The first-order valence-corrected chi connectivity index (χ1v) is 7.40. The molecule has 0 atom stereocenters. The number of nitrogens with zero attached hydrogens (tertiary/aromatic N) is 1. The van der Waals surface area contributed by atoms with Gasteiger partial charge in [-0.2, -0.15) is 0 Å². The van der Waals surface area contributed by atoms with Crippen molar-refractivity contribution in [2.24, 2.45) is 0 Å². The highest BCUT2D eigenvalue weighted by Crippen LogP contribution is 2.32. The van der Waals surface area contributed by atoms with Gasteiger partial charge in [0, 0.05) is 6.92 Å². The molecule has 0 radical (unpaired) electrons. The van der Waals surface area contributed by atoms with Crippen molar-refractivity contribution in [3.8, 4) is 16.9 Å². The average molecular weight is 316 g/mol. The highest BCUT2D eigenvalue weighted by Gasteiger charge is 2.09. The van der Waals surface area contributed by atoms with E-state index in [1.54, 1.807) is 12.1 Å². The third kappa shape index (κ3) is 2.78.